The summed E-state index contributed by atoms with van der Waals surface area (Å²) in [6, 6.07) is 7.84. The Morgan fingerprint density at radius 1 is 1.14 bits per heavy atom. The molecule has 3 nitrogen and oxygen atoms in total. The van der Waals surface area contributed by atoms with Crippen molar-refractivity contribution in [1.82, 2.24) is 0 Å². The summed E-state index contributed by atoms with van der Waals surface area (Å²) < 4.78 is 11.2. The van der Waals surface area contributed by atoms with Crippen molar-refractivity contribution in [3.63, 3.8) is 0 Å². The second-order valence-electron chi connectivity index (χ2n) is 3.43. The molecule has 1 aromatic carbocycles. The summed E-state index contributed by atoms with van der Waals surface area (Å²) in [5, 5.41) is 0. The minimum atomic E-state index is -0.605. The van der Waals surface area contributed by atoms with E-state index >= 15 is 0 Å². The van der Waals surface area contributed by atoms with Crippen molar-refractivity contribution in [2.75, 3.05) is 35.2 Å². The molecule has 1 heterocycles. The van der Waals surface area contributed by atoms with Gasteiger partial charge in [0, 0.05) is 11.4 Å². The van der Waals surface area contributed by atoms with Crippen molar-refractivity contribution in [3.8, 4) is 0 Å². The number of nitrogen functional groups attached to an aromatic ring is 1. The lowest BCUT2D eigenvalue weighted by Crippen LogP contribution is -2.40. The molecular weight excluding hydrogens is 196 g/mol. The molecule has 0 bridgehead atoms. The van der Waals surface area contributed by atoms with E-state index in [1.165, 1.54) is 5.69 Å². The summed E-state index contributed by atoms with van der Waals surface area (Å²) in [5.74, 6) is 1.56. The van der Waals surface area contributed by atoms with E-state index in [4.69, 9.17) is 5.73 Å². The molecule has 0 spiro atoms. The second-order valence-corrected chi connectivity index (χ2v) is 5.12. The Labute approximate surface area is 87.1 Å². The lowest BCUT2D eigenvalue weighted by molar-refractivity contribution is 0.586. The van der Waals surface area contributed by atoms with E-state index in [1.54, 1.807) is 0 Å². The van der Waals surface area contributed by atoms with Crippen molar-refractivity contribution in [2.45, 2.75) is 0 Å². The number of nitrogens with two attached hydrogens (primary N) is 1. The Morgan fingerprint density at radius 2 is 1.71 bits per heavy atom. The Kier molecular flexibility index (Phi) is 2.84. The lowest BCUT2D eigenvalue weighted by atomic mass is 10.2. The van der Waals surface area contributed by atoms with Crippen LogP contribution in [0.1, 0.15) is 0 Å². The zero-order valence-electron chi connectivity index (χ0n) is 7.98. The molecule has 14 heavy (non-hydrogen) atoms. The minimum absolute atomic E-state index is 0.605. The standard InChI is InChI=1S/C10H14N2OS/c11-9-1-3-10(4-2-9)12-5-7-14(13)8-6-12/h1-4H,5-8,11H2. The SMILES string of the molecule is Nc1ccc(N2CC[S+]([O-])CC2)cc1. The number of rotatable bonds is 1. The van der Waals surface area contributed by atoms with Crippen LogP contribution >= 0.6 is 0 Å². The number of hydrogen-bond donors (Lipinski definition) is 1. The summed E-state index contributed by atoms with van der Waals surface area (Å²) in [6.45, 7) is 1.77. The predicted molar refractivity (Wildman–Crippen MR) is 60.9 cm³/mol. The summed E-state index contributed by atoms with van der Waals surface area (Å²) >= 11 is -0.605. The maximum atomic E-state index is 11.2. The monoisotopic (exact) mass is 210 g/mol. The molecule has 0 atom stereocenters. The smallest absolute Gasteiger partial charge is 0.123 e. The van der Waals surface area contributed by atoms with Gasteiger partial charge in [-0.15, -0.1) is 0 Å². The molecule has 2 rings (SSSR count). The number of anilines is 2. The van der Waals surface area contributed by atoms with Gasteiger partial charge in [-0.2, -0.15) is 0 Å². The molecule has 76 valence electrons. The van der Waals surface area contributed by atoms with Gasteiger partial charge in [0.25, 0.3) is 0 Å². The zero-order valence-corrected chi connectivity index (χ0v) is 8.80. The third kappa shape index (κ3) is 2.13. The maximum Gasteiger partial charge on any atom is 0.123 e. The van der Waals surface area contributed by atoms with Crippen LogP contribution in [0.15, 0.2) is 24.3 Å². The van der Waals surface area contributed by atoms with E-state index in [0.29, 0.717) is 0 Å². The molecule has 0 saturated carbocycles. The molecule has 2 N–H and O–H groups in total. The molecule has 1 aromatic rings. The lowest BCUT2D eigenvalue weighted by Gasteiger charge is -2.29. The fourth-order valence-electron chi connectivity index (χ4n) is 1.58. The van der Waals surface area contributed by atoms with Crippen LogP contribution in [-0.4, -0.2) is 29.1 Å². The Morgan fingerprint density at radius 3 is 2.29 bits per heavy atom. The molecule has 1 aliphatic rings. The molecule has 0 radical (unpaired) electrons. The highest BCUT2D eigenvalue weighted by atomic mass is 32.2. The molecule has 4 heteroatoms. The third-order valence-corrected chi connectivity index (χ3v) is 3.71. The van der Waals surface area contributed by atoms with Gasteiger partial charge in [-0.05, 0) is 24.3 Å². The predicted octanol–water partition coefficient (Wildman–Crippen LogP) is 0.837. The zero-order chi connectivity index (χ0) is 9.97. The number of benzene rings is 1. The van der Waals surface area contributed by atoms with Gasteiger partial charge in [0.1, 0.15) is 11.5 Å². The average Bonchev–Trinajstić information content (AvgIpc) is 2.21. The summed E-state index contributed by atoms with van der Waals surface area (Å²) in [6.07, 6.45) is 0. The van der Waals surface area contributed by atoms with Crippen LogP contribution < -0.4 is 10.6 Å². The summed E-state index contributed by atoms with van der Waals surface area (Å²) in [7, 11) is 0. The molecule has 1 aliphatic heterocycles. The van der Waals surface area contributed by atoms with Crippen molar-refractivity contribution >= 4 is 22.6 Å². The average molecular weight is 210 g/mol. The first-order valence-electron chi connectivity index (χ1n) is 4.71. The minimum Gasteiger partial charge on any atom is -0.616 e. The first-order valence-corrected chi connectivity index (χ1v) is 6.20. The fraction of sp³-hybridized carbons (Fsp3) is 0.400. The van der Waals surface area contributed by atoms with E-state index in [-0.39, 0.29) is 0 Å². The summed E-state index contributed by atoms with van der Waals surface area (Å²) in [5.41, 5.74) is 7.57. The number of hydrogen-bond acceptors (Lipinski definition) is 3. The van der Waals surface area contributed by atoms with E-state index in [2.05, 4.69) is 4.90 Å². The molecule has 0 unspecified atom stereocenters. The molecule has 1 saturated heterocycles. The van der Waals surface area contributed by atoms with E-state index in [9.17, 15) is 4.55 Å². The highest BCUT2D eigenvalue weighted by Gasteiger charge is 2.19. The van der Waals surface area contributed by atoms with E-state index < -0.39 is 11.2 Å². The van der Waals surface area contributed by atoms with Crippen molar-refractivity contribution in [2.24, 2.45) is 0 Å². The van der Waals surface area contributed by atoms with Gasteiger partial charge in [0.05, 0.1) is 13.1 Å². The first kappa shape index (κ1) is 9.68. The Bertz CT molecular complexity index is 293. The van der Waals surface area contributed by atoms with Gasteiger partial charge < -0.3 is 15.2 Å². The second kappa shape index (κ2) is 4.11. The normalized spacial score (nSPS) is 18.5. The third-order valence-electron chi connectivity index (χ3n) is 2.44. The van der Waals surface area contributed by atoms with Crippen LogP contribution in [0.5, 0.6) is 0 Å². The number of nitrogens with zero attached hydrogens (tertiary/aromatic N) is 1. The Balaban J connectivity index is 2.05. The van der Waals surface area contributed by atoms with Crippen LogP contribution in [-0.2, 0) is 11.2 Å². The van der Waals surface area contributed by atoms with Crippen molar-refractivity contribution < 1.29 is 4.55 Å². The maximum absolute atomic E-state index is 11.2. The van der Waals surface area contributed by atoms with Gasteiger partial charge in [0.2, 0.25) is 0 Å². The molecular formula is C10H14N2OS. The fourth-order valence-corrected chi connectivity index (χ4v) is 2.63. The quantitative estimate of drug-likeness (QED) is 0.552. The highest BCUT2D eigenvalue weighted by Crippen LogP contribution is 2.18. The van der Waals surface area contributed by atoms with Gasteiger partial charge in [-0.25, -0.2) is 0 Å². The highest BCUT2D eigenvalue weighted by molar-refractivity contribution is 7.91. The van der Waals surface area contributed by atoms with E-state index in [1.807, 2.05) is 24.3 Å². The van der Waals surface area contributed by atoms with Gasteiger partial charge in [-0.3, -0.25) is 0 Å². The van der Waals surface area contributed by atoms with Crippen LogP contribution in [0.25, 0.3) is 0 Å². The Hall–Kier alpha value is -0.870. The topological polar surface area (TPSA) is 52.3 Å². The molecule has 0 aromatic heterocycles. The molecule has 0 aliphatic carbocycles. The molecule has 1 fully saturated rings. The molecule has 0 amide bonds. The van der Waals surface area contributed by atoms with Crippen LogP contribution in [0, 0.1) is 0 Å². The largest absolute Gasteiger partial charge is 0.616 e. The van der Waals surface area contributed by atoms with E-state index in [0.717, 1.165) is 30.3 Å². The van der Waals surface area contributed by atoms with Gasteiger partial charge in [-0.1, -0.05) is 11.2 Å². The van der Waals surface area contributed by atoms with Crippen molar-refractivity contribution in [3.05, 3.63) is 24.3 Å². The first-order chi connectivity index (χ1) is 6.75. The van der Waals surface area contributed by atoms with Crippen LogP contribution in [0.4, 0.5) is 11.4 Å². The van der Waals surface area contributed by atoms with Crippen LogP contribution in [0.3, 0.4) is 0 Å². The van der Waals surface area contributed by atoms with Crippen LogP contribution in [0.2, 0.25) is 0 Å². The summed E-state index contributed by atoms with van der Waals surface area (Å²) in [4.78, 5) is 2.25. The van der Waals surface area contributed by atoms with Gasteiger partial charge >= 0.3 is 0 Å². The van der Waals surface area contributed by atoms with Crippen molar-refractivity contribution in [1.29, 1.82) is 0 Å². The van der Waals surface area contributed by atoms with Gasteiger partial charge in [0.15, 0.2) is 0 Å².